The Labute approximate surface area is 64.7 Å². The van der Waals surface area contributed by atoms with Crippen LogP contribution >= 0.6 is 0 Å². The zero-order valence-corrected chi connectivity index (χ0v) is 6.46. The second-order valence-electron chi connectivity index (χ2n) is 2.12. The molecule has 0 saturated carbocycles. The molecular weight excluding hydrogens is 142 g/mol. The normalized spacial score (nSPS) is 9.27. The number of rotatable bonds is 1. The van der Waals surface area contributed by atoms with Crippen LogP contribution in [-0.4, -0.2) is 22.9 Å². The Balaban J connectivity index is 2.96. The highest BCUT2D eigenvalue weighted by atomic mass is 16.1. The van der Waals surface area contributed by atoms with Crippen molar-refractivity contribution in [2.75, 3.05) is 7.05 Å². The standard InChI is InChI=1S/C7H9N3O/c1-5-3-9-4-6(10-5)7(11)8-2/h3-4H,1-2H3,(H,8,11). The van der Waals surface area contributed by atoms with Crippen LogP contribution in [0, 0.1) is 6.92 Å². The van der Waals surface area contributed by atoms with E-state index in [0.29, 0.717) is 5.69 Å². The highest BCUT2D eigenvalue weighted by Gasteiger charge is 2.03. The van der Waals surface area contributed by atoms with Gasteiger partial charge in [0.05, 0.1) is 11.9 Å². The van der Waals surface area contributed by atoms with E-state index in [-0.39, 0.29) is 5.91 Å². The van der Waals surface area contributed by atoms with Gasteiger partial charge in [-0.05, 0) is 6.92 Å². The van der Waals surface area contributed by atoms with Crippen LogP contribution in [-0.2, 0) is 0 Å². The Morgan fingerprint density at radius 3 is 2.82 bits per heavy atom. The van der Waals surface area contributed by atoms with Crippen molar-refractivity contribution in [2.24, 2.45) is 0 Å². The molecule has 0 aliphatic carbocycles. The van der Waals surface area contributed by atoms with Gasteiger partial charge in [-0.3, -0.25) is 9.78 Å². The maximum Gasteiger partial charge on any atom is 0.271 e. The first-order chi connectivity index (χ1) is 5.24. The summed E-state index contributed by atoms with van der Waals surface area (Å²) in [7, 11) is 1.56. The van der Waals surface area contributed by atoms with Gasteiger partial charge < -0.3 is 5.32 Å². The molecule has 0 aromatic carbocycles. The van der Waals surface area contributed by atoms with E-state index in [9.17, 15) is 4.79 Å². The van der Waals surface area contributed by atoms with Crippen LogP contribution in [0.15, 0.2) is 12.4 Å². The van der Waals surface area contributed by atoms with E-state index in [1.807, 2.05) is 0 Å². The number of aromatic nitrogens is 2. The Kier molecular flexibility index (Phi) is 2.15. The highest BCUT2D eigenvalue weighted by molar-refractivity contribution is 5.91. The number of aryl methyl sites for hydroxylation is 1. The zero-order chi connectivity index (χ0) is 8.27. The van der Waals surface area contributed by atoms with Crippen molar-refractivity contribution in [3.05, 3.63) is 23.8 Å². The maximum atomic E-state index is 11.0. The van der Waals surface area contributed by atoms with Gasteiger partial charge in [0.15, 0.2) is 0 Å². The van der Waals surface area contributed by atoms with Crippen LogP contribution in [0.4, 0.5) is 0 Å². The van der Waals surface area contributed by atoms with Crippen molar-refractivity contribution in [1.29, 1.82) is 0 Å². The fourth-order valence-electron chi connectivity index (χ4n) is 0.701. The van der Waals surface area contributed by atoms with Crippen LogP contribution < -0.4 is 5.32 Å². The lowest BCUT2D eigenvalue weighted by Crippen LogP contribution is -2.19. The summed E-state index contributed by atoms with van der Waals surface area (Å²) in [5.74, 6) is -0.207. The monoisotopic (exact) mass is 151 g/mol. The van der Waals surface area contributed by atoms with Gasteiger partial charge in [0.1, 0.15) is 5.69 Å². The van der Waals surface area contributed by atoms with Crippen molar-refractivity contribution >= 4 is 5.91 Å². The first kappa shape index (κ1) is 7.65. The molecule has 0 atom stereocenters. The lowest BCUT2D eigenvalue weighted by Gasteiger charge is -1.97. The van der Waals surface area contributed by atoms with Crippen molar-refractivity contribution in [2.45, 2.75) is 6.92 Å². The van der Waals surface area contributed by atoms with E-state index in [4.69, 9.17) is 0 Å². The Bertz CT molecular complexity index is 272. The fourth-order valence-corrected chi connectivity index (χ4v) is 0.701. The minimum atomic E-state index is -0.207. The fraction of sp³-hybridized carbons (Fsp3) is 0.286. The summed E-state index contributed by atoms with van der Waals surface area (Å²) >= 11 is 0. The third-order valence-corrected chi connectivity index (χ3v) is 1.21. The van der Waals surface area contributed by atoms with Crippen LogP contribution in [0.5, 0.6) is 0 Å². The number of hydrogen-bond acceptors (Lipinski definition) is 3. The lowest BCUT2D eigenvalue weighted by molar-refractivity contribution is 0.0957. The SMILES string of the molecule is CNC(=O)c1cncc(C)n1. The zero-order valence-electron chi connectivity index (χ0n) is 6.46. The molecule has 0 aliphatic heterocycles. The van der Waals surface area contributed by atoms with Gasteiger partial charge in [-0.2, -0.15) is 0 Å². The number of amides is 1. The van der Waals surface area contributed by atoms with Gasteiger partial charge >= 0.3 is 0 Å². The molecule has 11 heavy (non-hydrogen) atoms. The second kappa shape index (κ2) is 3.09. The molecule has 1 amide bonds. The minimum Gasteiger partial charge on any atom is -0.354 e. The molecule has 1 heterocycles. The van der Waals surface area contributed by atoms with E-state index in [1.54, 1.807) is 20.2 Å². The first-order valence-electron chi connectivity index (χ1n) is 3.25. The van der Waals surface area contributed by atoms with E-state index >= 15 is 0 Å². The molecule has 0 radical (unpaired) electrons. The minimum absolute atomic E-state index is 0.207. The second-order valence-corrected chi connectivity index (χ2v) is 2.12. The summed E-state index contributed by atoms with van der Waals surface area (Å²) in [4.78, 5) is 18.8. The summed E-state index contributed by atoms with van der Waals surface area (Å²) in [6.07, 6.45) is 3.04. The molecule has 1 aromatic rings. The molecule has 4 nitrogen and oxygen atoms in total. The van der Waals surface area contributed by atoms with Gasteiger partial charge in [0, 0.05) is 13.2 Å². The quantitative estimate of drug-likeness (QED) is 0.621. The lowest BCUT2D eigenvalue weighted by atomic mass is 10.4. The molecule has 1 rings (SSSR count). The number of carbonyl (C=O) groups is 1. The Morgan fingerprint density at radius 1 is 1.55 bits per heavy atom. The molecule has 1 N–H and O–H groups in total. The van der Waals surface area contributed by atoms with Crippen LogP contribution in [0.3, 0.4) is 0 Å². The third-order valence-electron chi connectivity index (χ3n) is 1.21. The first-order valence-corrected chi connectivity index (χ1v) is 3.25. The van der Waals surface area contributed by atoms with Crippen LogP contribution in [0.25, 0.3) is 0 Å². The molecule has 0 spiro atoms. The number of nitrogens with zero attached hydrogens (tertiary/aromatic N) is 2. The van der Waals surface area contributed by atoms with Crippen LogP contribution in [0.2, 0.25) is 0 Å². The summed E-state index contributed by atoms with van der Waals surface area (Å²) in [6.45, 7) is 1.79. The van der Waals surface area contributed by atoms with Gasteiger partial charge in [-0.15, -0.1) is 0 Å². The van der Waals surface area contributed by atoms with Gasteiger partial charge in [-0.25, -0.2) is 4.98 Å². The molecule has 0 saturated heterocycles. The maximum absolute atomic E-state index is 11.0. The van der Waals surface area contributed by atoms with E-state index in [0.717, 1.165) is 5.69 Å². The molecule has 58 valence electrons. The van der Waals surface area contributed by atoms with Gasteiger partial charge in [-0.1, -0.05) is 0 Å². The largest absolute Gasteiger partial charge is 0.354 e. The number of hydrogen-bond donors (Lipinski definition) is 1. The smallest absolute Gasteiger partial charge is 0.271 e. The molecular formula is C7H9N3O. The average Bonchev–Trinajstić information content (AvgIpc) is 2.03. The van der Waals surface area contributed by atoms with Crippen molar-refractivity contribution in [3.8, 4) is 0 Å². The Hall–Kier alpha value is -1.45. The predicted molar refractivity (Wildman–Crippen MR) is 40.2 cm³/mol. The topological polar surface area (TPSA) is 54.9 Å². The average molecular weight is 151 g/mol. The Morgan fingerprint density at radius 2 is 2.27 bits per heavy atom. The predicted octanol–water partition coefficient (Wildman–Crippen LogP) is 0.145. The summed E-state index contributed by atoms with van der Waals surface area (Å²) in [5, 5.41) is 2.47. The molecule has 4 heteroatoms. The van der Waals surface area contributed by atoms with Crippen molar-refractivity contribution in [3.63, 3.8) is 0 Å². The molecule has 0 fully saturated rings. The highest BCUT2D eigenvalue weighted by Crippen LogP contribution is 1.93. The number of carbonyl (C=O) groups excluding carboxylic acids is 1. The molecule has 0 aliphatic rings. The molecule has 1 aromatic heterocycles. The number of nitrogens with one attached hydrogen (secondary N) is 1. The van der Waals surface area contributed by atoms with Gasteiger partial charge in [0.2, 0.25) is 0 Å². The molecule has 0 unspecified atom stereocenters. The third kappa shape index (κ3) is 1.73. The van der Waals surface area contributed by atoms with E-state index in [1.165, 1.54) is 6.20 Å². The summed E-state index contributed by atoms with van der Waals surface area (Å²) in [5.41, 5.74) is 1.10. The van der Waals surface area contributed by atoms with Gasteiger partial charge in [0.25, 0.3) is 5.91 Å². The van der Waals surface area contributed by atoms with Crippen molar-refractivity contribution in [1.82, 2.24) is 15.3 Å². The summed E-state index contributed by atoms with van der Waals surface area (Å²) in [6, 6.07) is 0. The molecule has 0 bridgehead atoms. The van der Waals surface area contributed by atoms with Crippen molar-refractivity contribution < 1.29 is 4.79 Å². The van der Waals surface area contributed by atoms with Crippen LogP contribution in [0.1, 0.15) is 16.2 Å². The summed E-state index contributed by atoms with van der Waals surface area (Å²) < 4.78 is 0. The van der Waals surface area contributed by atoms with E-state index < -0.39 is 0 Å². The van der Waals surface area contributed by atoms with E-state index in [2.05, 4.69) is 15.3 Å².